The molecule has 0 radical (unpaired) electrons. The monoisotopic (exact) mass is 452 g/mol. The number of rotatable bonds is 12. The van der Waals surface area contributed by atoms with Gasteiger partial charge in [-0.1, -0.05) is 83.4 Å². The smallest absolute Gasteiger partial charge is 0.338 e. The van der Waals surface area contributed by atoms with Crippen molar-refractivity contribution in [3.05, 3.63) is 48.0 Å². The molecule has 2 fully saturated rings. The summed E-state index contributed by atoms with van der Waals surface area (Å²) in [6, 6.07) is 8.34. The molecule has 0 spiro atoms. The van der Waals surface area contributed by atoms with Crippen molar-refractivity contribution < 1.29 is 9.53 Å². The minimum atomic E-state index is -0.145. The molecule has 0 bridgehead atoms. The Bertz CT molecular complexity index is 690. The van der Waals surface area contributed by atoms with Crippen LogP contribution in [0.4, 0.5) is 0 Å². The zero-order chi connectivity index (χ0) is 23.5. The van der Waals surface area contributed by atoms with Gasteiger partial charge >= 0.3 is 5.97 Å². The Labute approximate surface area is 203 Å². The standard InChI is InChI=1S/C31H48O2/c1-4-7-8-11-25-12-16-26(17-13-25)30(10-6-3)27-18-20-28(21-19-27)31(32)33-29-22-14-24(9-5-2)15-23-29/h6,18-21,24-26,29-30H,3-5,7-17,22-23H2,1-2H3/t24-,25-,26-,29-,30?. The minimum absolute atomic E-state index is 0.103. The maximum atomic E-state index is 12.7. The summed E-state index contributed by atoms with van der Waals surface area (Å²) < 4.78 is 5.86. The van der Waals surface area contributed by atoms with Crippen LogP contribution in [0.5, 0.6) is 0 Å². The fourth-order valence-corrected chi connectivity index (χ4v) is 6.37. The Morgan fingerprint density at radius 3 is 2.15 bits per heavy atom. The van der Waals surface area contributed by atoms with Crippen LogP contribution in [-0.4, -0.2) is 12.1 Å². The van der Waals surface area contributed by atoms with Crippen LogP contribution in [0.2, 0.25) is 0 Å². The first kappa shape index (κ1) is 26.0. The Balaban J connectivity index is 1.51. The Hall–Kier alpha value is -1.57. The van der Waals surface area contributed by atoms with Gasteiger partial charge in [0.1, 0.15) is 6.10 Å². The lowest BCUT2D eigenvalue weighted by Crippen LogP contribution is -2.24. The first-order chi connectivity index (χ1) is 16.1. The summed E-state index contributed by atoms with van der Waals surface area (Å²) in [5, 5.41) is 0. The highest BCUT2D eigenvalue weighted by molar-refractivity contribution is 5.89. The van der Waals surface area contributed by atoms with Gasteiger partial charge in [0, 0.05) is 0 Å². The van der Waals surface area contributed by atoms with E-state index >= 15 is 0 Å². The lowest BCUT2D eigenvalue weighted by atomic mass is 9.71. The number of hydrogen-bond acceptors (Lipinski definition) is 2. The molecule has 1 atom stereocenters. The van der Waals surface area contributed by atoms with Gasteiger partial charge in [-0.2, -0.15) is 0 Å². The van der Waals surface area contributed by atoms with E-state index < -0.39 is 0 Å². The summed E-state index contributed by atoms with van der Waals surface area (Å²) in [6.45, 7) is 8.59. The van der Waals surface area contributed by atoms with Crippen LogP contribution in [0.3, 0.4) is 0 Å². The first-order valence-corrected chi connectivity index (χ1v) is 14.1. The maximum Gasteiger partial charge on any atom is 0.338 e. The average Bonchev–Trinajstić information content (AvgIpc) is 2.85. The average molecular weight is 453 g/mol. The van der Waals surface area contributed by atoms with E-state index in [0.717, 1.165) is 37.0 Å². The van der Waals surface area contributed by atoms with Gasteiger partial charge in [-0.3, -0.25) is 0 Å². The van der Waals surface area contributed by atoms with E-state index in [1.165, 1.54) is 82.6 Å². The van der Waals surface area contributed by atoms with Crippen molar-refractivity contribution in [2.24, 2.45) is 17.8 Å². The second kappa shape index (κ2) is 14.0. The number of ether oxygens (including phenoxy) is 1. The Morgan fingerprint density at radius 1 is 0.909 bits per heavy atom. The van der Waals surface area contributed by atoms with Gasteiger partial charge in [-0.05, 0) is 86.3 Å². The van der Waals surface area contributed by atoms with Crippen LogP contribution < -0.4 is 0 Å². The number of unbranched alkanes of at least 4 members (excludes halogenated alkanes) is 2. The van der Waals surface area contributed by atoms with Crippen LogP contribution in [0.1, 0.15) is 132 Å². The van der Waals surface area contributed by atoms with E-state index in [9.17, 15) is 4.79 Å². The molecule has 2 saturated carbocycles. The molecule has 2 aliphatic rings. The van der Waals surface area contributed by atoms with Crippen molar-refractivity contribution in [2.45, 2.75) is 122 Å². The second-order valence-electron chi connectivity index (χ2n) is 10.9. The highest BCUT2D eigenvalue weighted by Gasteiger charge is 2.28. The van der Waals surface area contributed by atoms with Gasteiger partial charge in [-0.15, -0.1) is 6.58 Å². The number of esters is 1. The van der Waals surface area contributed by atoms with E-state index in [1.807, 2.05) is 12.1 Å². The molecule has 2 nitrogen and oxygen atoms in total. The summed E-state index contributed by atoms with van der Waals surface area (Å²) in [5.41, 5.74) is 2.06. The van der Waals surface area contributed by atoms with Crippen LogP contribution in [0.15, 0.2) is 36.9 Å². The summed E-state index contributed by atoms with van der Waals surface area (Å²) in [4.78, 5) is 12.7. The van der Waals surface area contributed by atoms with Gasteiger partial charge in [0.2, 0.25) is 0 Å². The third kappa shape index (κ3) is 8.01. The Kier molecular flexibility index (Phi) is 11.0. The van der Waals surface area contributed by atoms with Crippen molar-refractivity contribution in [3.63, 3.8) is 0 Å². The van der Waals surface area contributed by atoms with Crippen molar-refractivity contribution in [1.82, 2.24) is 0 Å². The minimum Gasteiger partial charge on any atom is -0.459 e. The molecule has 1 aromatic rings. The van der Waals surface area contributed by atoms with Gasteiger partial charge in [0.15, 0.2) is 0 Å². The second-order valence-corrected chi connectivity index (χ2v) is 10.9. The molecule has 0 aromatic heterocycles. The topological polar surface area (TPSA) is 26.3 Å². The lowest BCUT2D eigenvalue weighted by Gasteiger charge is -2.34. The summed E-state index contributed by atoms with van der Waals surface area (Å²) in [6.07, 6.45) is 21.2. The molecular weight excluding hydrogens is 404 g/mol. The van der Waals surface area contributed by atoms with Gasteiger partial charge in [-0.25, -0.2) is 4.79 Å². The summed E-state index contributed by atoms with van der Waals surface area (Å²) >= 11 is 0. The fraction of sp³-hybridized carbons (Fsp3) is 0.710. The van der Waals surface area contributed by atoms with Crippen molar-refractivity contribution in [1.29, 1.82) is 0 Å². The Morgan fingerprint density at radius 2 is 1.55 bits per heavy atom. The highest BCUT2D eigenvalue weighted by Crippen LogP contribution is 2.41. The summed E-state index contributed by atoms with van der Waals surface area (Å²) in [5.74, 6) is 2.89. The first-order valence-electron chi connectivity index (χ1n) is 14.1. The molecule has 2 heteroatoms. The molecule has 33 heavy (non-hydrogen) atoms. The zero-order valence-electron chi connectivity index (χ0n) is 21.4. The largest absolute Gasteiger partial charge is 0.459 e. The predicted octanol–water partition coefficient (Wildman–Crippen LogP) is 9.25. The zero-order valence-corrected chi connectivity index (χ0v) is 21.4. The lowest BCUT2D eigenvalue weighted by molar-refractivity contribution is 0.0161. The van der Waals surface area contributed by atoms with E-state index in [-0.39, 0.29) is 12.1 Å². The van der Waals surface area contributed by atoms with Crippen molar-refractivity contribution >= 4 is 5.97 Å². The molecule has 0 aliphatic heterocycles. The number of carbonyl (C=O) groups excluding carboxylic acids is 1. The number of hydrogen-bond donors (Lipinski definition) is 0. The third-order valence-electron chi connectivity index (χ3n) is 8.44. The maximum absolute atomic E-state index is 12.7. The molecule has 0 saturated heterocycles. The number of carbonyl (C=O) groups is 1. The van der Waals surface area contributed by atoms with Crippen molar-refractivity contribution in [3.8, 4) is 0 Å². The normalized spacial score (nSPS) is 26.5. The molecule has 1 unspecified atom stereocenters. The van der Waals surface area contributed by atoms with Crippen molar-refractivity contribution in [2.75, 3.05) is 0 Å². The van der Waals surface area contributed by atoms with Crippen LogP contribution >= 0.6 is 0 Å². The molecular formula is C31H48O2. The molecule has 1 aromatic carbocycles. The molecule has 0 amide bonds. The number of allylic oxidation sites excluding steroid dienone is 1. The fourth-order valence-electron chi connectivity index (χ4n) is 6.37. The van der Waals surface area contributed by atoms with Crippen LogP contribution in [-0.2, 0) is 4.74 Å². The van der Waals surface area contributed by atoms with E-state index in [4.69, 9.17) is 4.74 Å². The van der Waals surface area contributed by atoms with E-state index in [0.29, 0.717) is 11.5 Å². The predicted molar refractivity (Wildman–Crippen MR) is 140 cm³/mol. The molecule has 0 N–H and O–H groups in total. The summed E-state index contributed by atoms with van der Waals surface area (Å²) in [7, 11) is 0. The van der Waals surface area contributed by atoms with E-state index in [1.54, 1.807) is 0 Å². The number of benzene rings is 1. The SMILES string of the molecule is C=CCC(c1ccc(C(=O)O[C@H]2CC[C@H](CCC)CC2)cc1)[C@H]1CC[C@H](CCCCC)CC1. The molecule has 184 valence electrons. The van der Waals surface area contributed by atoms with Crippen LogP contribution in [0.25, 0.3) is 0 Å². The molecule has 2 aliphatic carbocycles. The third-order valence-corrected chi connectivity index (χ3v) is 8.44. The van der Waals surface area contributed by atoms with E-state index in [2.05, 4.69) is 38.6 Å². The van der Waals surface area contributed by atoms with Gasteiger partial charge in [0.05, 0.1) is 5.56 Å². The van der Waals surface area contributed by atoms with Gasteiger partial charge in [0.25, 0.3) is 0 Å². The highest BCUT2D eigenvalue weighted by atomic mass is 16.5. The molecule has 0 heterocycles. The quantitative estimate of drug-likeness (QED) is 0.179. The van der Waals surface area contributed by atoms with Gasteiger partial charge < -0.3 is 4.74 Å². The molecule has 3 rings (SSSR count). The van der Waals surface area contributed by atoms with Crippen LogP contribution in [0, 0.1) is 17.8 Å².